The second-order valence-electron chi connectivity index (χ2n) is 5.66. The Kier molecular flexibility index (Phi) is 3.65. The van der Waals surface area contributed by atoms with Crippen molar-refractivity contribution in [2.45, 2.75) is 32.6 Å². The number of likely N-dealkylation sites (tertiary alicyclic amines) is 1. The summed E-state index contributed by atoms with van der Waals surface area (Å²) < 4.78 is 5.43. The van der Waals surface area contributed by atoms with Crippen molar-refractivity contribution < 1.29 is 9.53 Å². The summed E-state index contributed by atoms with van der Waals surface area (Å²) in [5, 5.41) is 0. The minimum absolute atomic E-state index is 0.315. The van der Waals surface area contributed by atoms with Crippen LogP contribution in [0.1, 0.15) is 32.6 Å². The Balaban J connectivity index is 1.94. The molecule has 0 aliphatic carbocycles. The third-order valence-electron chi connectivity index (χ3n) is 4.24. The number of ether oxygens (including phenoxy) is 1. The van der Waals surface area contributed by atoms with Crippen molar-refractivity contribution in [3.63, 3.8) is 0 Å². The van der Waals surface area contributed by atoms with Gasteiger partial charge in [0.1, 0.15) is 5.78 Å². The van der Waals surface area contributed by atoms with Crippen LogP contribution in [0.4, 0.5) is 0 Å². The lowest BCUT2D eigenvalue weighted by molar-refractivity contribution is -0.162. The van der Waals surface area contributed by atoms with Crippen molar-refractivity contribution in [1.82, 2.24) is 4.90 Å². The molecule has 0 aromatic carbocycles. The molecule has 2 aliphatic heterocycles. The van der Waals surface area contributed by atoms with Crippen LogP contribution in [-0.4, -0.2) is 44.0 Å². The summed E-state index contributed by atoms with van der Waals surface area (Å²) in [5.74, 6) is 1.05. The quantitative estimate of drug-likeness (QED) is 0.729. The molecule has 0 aromatic rings. The molecule has 1 atom stereocenters. The van der Waals surface area contributed by atoms with Crippen LogP contribution in [-0.2, 0) is 9.53 Å². The van der Waals surface area contributed by atoms with Crippen LogP contribution in [0.25, 0.3) is 0 Å². The number of carbonyl (C=O) groups is 1. The van der Waals surface area contributed by atoms with Crippen molar-refractivity contribution in [2.24, 2.45) is 11.3 Å². The maximum absolute atomic E-state index is 11.1. The van der Waals surface area contributed by atoms with Crippen LogP contribution in [0.15, 0.2) is 0 Å². The van der Waals surface area contributed by atoms with Crippen LogP contribution in [0.2, 0.25) is 0 Å². The smallest absolute Gasteiger partial charge is 0.129 e. The first-order chi connectivity index (χ1) is 7.62. The third-order valence-corrected chi connectivity index (χ3v) is 4.24. The van der Waals surface area contributed by atoms with E-state index in [9.17, 15) is 4.79 Å². The highest BCUT2D eigenvalue weighted by atomic mass is 16.5. The zero-order chi connectivity index (χ0) is 11.6. The molecule has 0 aromatic heterocycles. The molecule has 2 fully saturated rings. The van der Waals surface area contributed by atoms with Gasteiger partial charge in [0.05, 0.1) is 13.2 Å². The molecule has 0 radical (unpaired) electrons. The molecule has 0 spiro atoms. The number of Topliss-reactive ketones (excluding diaryl/α,β-unsaturated/α-hetero) is 1. The van der Waals surface area contributed by atoms with Gasteiger partial charge in [0.15, 0.2) is 0 Å². The van der Waals surface area contributed by atoms with Gasteiger partial charge >= 0.3 is 0 Å². The topological polar surface area (TPSA) is 29.5 Å². The minimum Gasteiger partial charge on any atom is -0.380 e. The highest BCUT2D eigenvalue weighted by molar-refractivity contribution is 5.75. The fourth-order valence-electron chi connectivity index (χ4n) is 3.04. The molecule has 0 saturated carbocycles. The molecule has 1 unspecified atom stereocenters. The zero-order valence-electron chi connectivity index (χ0n) is 10.5. The van der Waals surface area contributed by atoms with Gasteiger partial charge in [-0.1, -0.05) is 0 Å². The molecule has 2 rings (SSSR count). The van der Waals surface area contributed by atoms with E-state index in [-0.39, 0.29) is 0 Å². The third kappa shape index (κ3) is 2.46. The molecule has 16 heavy (non-hydrogen) atoms. The molecule has 3 heteroatoms. The predicted molar refractivity (Wildman–Crippen MR) is 63.4 cm³/mol. The van der Waals surface area contributed by atoms with Crippen molar-refractivity contribution in [2.75, 3.05) is 33.4 Å². The zero-order valence-corrected chi connectivity index (χ0v) is 10.5. The van der Waals surface area contributed by atoms with Crippen molar-refractivity contribution in [1.29, 1.82) is 0 Å². The van der Waals surface area contributed by atoms with Crippen molar-refractivity contribution in [3.8, 4) is 0 Å². The Morgan fingerprint density at radius 2 is 2.25 bits per heavy atom. The highest BCUT2D eigenvalue weighted by Gasteiger charge is 2.45. The summed E-state index contributed by atoms with van der Waals surface area (Å²) in [6, 6.07) is 0. The molecule has 92 valence electrons. The van der Waals surface area contributed by atoms with E-state index < -0.39 is 0 Å². The average Bonchev–Trinajstić information content (AvgIpc) is 2.15. The van der Waals surface area contributed by atoms with E-state index in [1.807, 2.05) is 0 Å². The van der Waals surface area contributed by atoms with Gasteiger partial charge in [-0.2, -0.15) is 0 Å². The van der Waals surface area contributed by atoms with E-state index in [2.05, 4.69) is 11.9 Å². The Hall–Kier alpha value is -0.410. The Bertz CT molecular complexity index is 261. The van der Waals surface area contributed by atoms with Crippen molar-refractivity contribution >= 4 is 5.78 Å². The molecule has 3 nitrogen and oxygen atoms in total. The van der Waals surface area contributed by atoms with Gasteiger partial charge in [-0.15, -0.1) is 0 Å². The van der Waals surface area contributed by atoms with Gasteiger partial charge in [-0.3, -0.25) is 0 Å². The summed E-state index contributed by atoms with van der Waals surface area (Å²) in [6.45, 7) is 5.85. The SMILES string of the molecule is CC(=O)CCC1(C2CCCN(C)C2)COC1. The highest BCUT2D eigenvalue weighted by Crippen LogP contribution is 2.44. The van der Waals surface area contributed by atoms with E-state index in [0.29, 0.717) is 11.2 Å². The first-order valence-electron chi connectivity index (χ1n) is 6.38. The number of carbonyl (C=O) groups excluding carboxylic acids is 1. The second kappa shape index (κ2) is 4.84. The number of piperidine rings is 1. The van der Waals surface area contributed by atoms with Gasteiger partial charge < -0.3 is 14.4 Å². The molecule has 0 amide bonds. The lowest BCUT2D eigenvalue weighted by Crippen LogP contribution is -2.53. The molecule has 0 N–H and O–H groups in total. The maximum Gasteiger partial charge on any atom is 0.129 e. The van der Waals surface area contributed by atoms with E-state index in [0.717, 1.165) is 32.0 Å². The number of nitrogens with zero attached hydrogens (tertiary/aromatic N) is 1. The minimum atomic E-state index is 0.315. The van der Waals surface area contributed by atoms with Gasteiger partial charge in [0.2, 0.25) is 0 Å². The Morgan fingerprint density at radius 1 is 1.50 bits per heavy atom. The van der Waals surface area contributed by atoms with Crippen LogP contribution in [0, 0.1) is 11.3 Å². The predicted octanol–water partition coefficient (Wildman–Crippen LogP) is 1.71. The van der Waals surface area contributed by atoms with Gasteiger partial charge in [0, 0.05) is 18.4 Å². The van der Waals surface area contributed by atoms with Crippen LogP contribution in [0.5, 0.6) is 0 Å². The lowest BCUT2D eigenvalue weighted by atomic mass is 9.67. The largest absolute Gasteiger partial charge is 0.380 e. The average molecular weight is 225 g/mol. The fraction of sp³-hybridized carbons (Fsp3) is 0.923. The number of hydrogen-bond donors (Lipinski definition) is 0. The Labute approximate surface area is 98.1 Å². The van der Waals surface area contributed by atoms with E-state index in [4.69, 9.17) is 4.74 Å². The van der Waals surface area contributed by atoms with Gasteiger partial charge in [-0.05, 0) is 45.7 Å². The number of hydrogen-bond acceptors (Lipinski definition) is 3. The van der Waals surface area contributed by atoms with Crippen LogP contribution < -0.4 is 0 Å². The molecular weight excluding hydrogens is 202 g/mol. The maximum atomic E-state index is 11.1. The van der Waals surface area contributed by atoms with E-state index >= 15 is 0 Å². The van der Waals surface area contributed by atoms with Crippen LogP contribution in [0.3, 0.4) is 0 Å². The monoisotopic (exact) mass is 225 g/mol. The summed E-state index contributed by atoms with van der Waals surface area (Å²) >= 11 is 0. The fourth-order valence-corrected chi connectivity index (χ4v) is 3.04. The normalized spacial score (nSPS) is 29.8. The van der Waals surface area contributed by atoms with Crippen molar-refractivity contribution in [3.05, 3.63) is 0 Å². The molecular formula is C13H23NO2. The summed E-state index contributed by atoms with van der Waals surface area (Å²) in [6.07, 6.45) is 4.36. The second-order valence-corrected chi connectivity index (χ2v) is 5.66. The van der Waals surface area contributed by atoms with E-state index in [1.54, 1.807) is 6.92 Å². The first-order valence-corrected chi connectivity index (χ1v) is 6.38. The van der Waals surface area contributed by atoms with Crippen LogP contribution >= 0.6 is 0 Å². The first kappa shape index (κ1) is 12.1. The molecule has 0 bridgehead atoms. The summed E-state index contributed by atoms with van der Waals surface area (Å²) in [4.78, 5) is 13.5. The number of rotatable bonds is 4. The lowest BCUT2D eigenvalue weighted by Gasteiger charge is -2.50. The molecule has 2 heterocycles. The van der Waals surface area contributed by atoms with Gasteiger partial charge in [-0.25, -0.2) is 0 Å². The van der Waals surface area contributed by atoms with Gasteiger partial charge in [0.25, 0.3) is 0 Å². The molecule has 2 saturated heterocycles. The number of ketones is 1. The summed E-state index contributed by atoms with van der Waals surface area (Å²) in [7, 11) is 2.20. The van der Waals surface area contributed by atoms with E-state index in [1.165, 1.54) is 25.9 Å². The standard InChI is InChI=1S/C13H23NO2/c1-11(15)5-6-13(9-16-10-13)12-4-3-7-14(2)8-12/h12H,3-10H2,1-2H3. The molecule has 2 aliphatic rings. The summed E-state index contributed by atoms with van der Waals surface area (Å²) in [5.41, 5.74) is 0.320. The Morgan fingerprint density at radius 3 is 2.75 bits per heavy atom.